The van der Waals surface area contributed by atoms with Gasteiger partial charge in [-0.1, -0.05) is 17.7 Å². The van der Waals surface area contributed by atoms with Crippen molar-refractivity contribution in [1.82, 2.24) is 4.98 Å². The minimum Gasteiger partial charge on any atom is -0.507 e. The zero-order chi connectivity index (χ0) is 25.1. The van der Waals surface area contributed by atoms with Crippen LogP contribution in [0.25, 0.3) is 5.76 Å². The Morgan fingerprint density at radius 2 is 1.74 bits per heavy atom. The number of ether oxygens (including phenoxy) is 2. The number of Topliss-reactive ketones (excluding diaryl/α,β-unsaturated/α-hetero) is 1. The van der Waals surface area contributed by atoms with Crippen LogP contribution in [0.15, 0.2) is 66.5 Å². The Hall–Kier alpha value is -3.84. The first kappa shape index (κ1) is 24.3. The van der Waals surface area contributed by atoms with Gasteiger partial charge < -0.3 is 14.6 Å². The molecule has 1 saturated heterocycles. The monoisotopic (exact) mass is 492 g/mol. The second kappa shape index (κ2) is 10.2. The zero-order valence-corrected chi connectivity index (χ0v) is 20.4. The SMILES string of the molecule is CCOc1ccc(/C(O)=C2/C(=O)C(=O)N(c3ccc(C)c(Cl)c3)C2c2ccncc2)c(OCC)c1. The molecule has 2 heterocycles. The topological polar surface area (TPSA) is 89.0 Å². The molecule has 1 aliphatic rings. The van der Waals surface area contributed by atoms with Crippen LogP contribution >= 0.6 is 11.6 Å². The smallest absolute Gasteiger partial charge is 0.300 e. The fourth-order valence-electron chi connectivity index (χ4n) is 4.07. The summed E-state index contributed by atoms with van der Waals surface area (Å²) in [5, 5.41) is 11.9. The molecule has 8 heteroatoms. The Balaban J connectivity index is 1.93. The van der Waals surface area contributed by atoms with Crippen LogP contribution < -0.4 is 14.4 Å². The van der Waals surface area contributed by atoms with E-state index < -0.39 is 17.7 Å². The zero-order valence-electron chi connectivity index (χ0n) is 19.6. The lowest BCUT2D eigenvalue weighted by molar-refractivity contribution is -0.132. The Kier molecular flexibility index (Phi) is 7.07. The van der Waals surface area contributed by atoms with E-state index in [0.717, 1.165) is 5.56 Å². The van der Waals surface area contributed by atoms with Gasteiger partial charge in [0, 0.05) is 29.2 Å². The van der Waals surface area contributed by atoms with Crippen LogP contribution in [-0.2, 0) is 9.59 Å². The van der Waals surface area contributed by atoms with Gasteiger partial charge in [-0.25, -0.2) is 0 Å². The minimum atomic E-state index is -0.891. The number of hydrogen-bond donors (Lipinski definition) is 1. The van der Waals surface area contributed by atoms with Gasteiger partial charge in [0.2, 0.25) is 0 Å². The molecular weight excluding hydrogens is 468 g/mol. The summed E-state index contributed by atoms with van der Waals surface area (Å²) in [7, 11) is 0. The molecular formula is C27H25ClN2O5. The molecule has 1 fully saturated rings. The summed E-state index contributed by atoms with van der Waals surface area (Å²) in [5.41, 5.74) is 2.13. The number of aliphatic hydroxyl groups is 1. The quantitative estimate of drug-likeness (QED) is 0.267. The molecule has 0 bridgehead atoms. The minimum absolute atomic E-state index is 0.0528. The number of ketones is 1. The van der Waals surface area contributed by atoms with Crippen LogP contribution in [0.4, 0.5) is 5.69 Å². The van der Waals surface area contributed by atoms with Gasteiger partial charge >= 0.3 is 0 Å². The summed E-state index contributed by atoms with van der Waals surface area (Å²) >= 11 is 6.34. The predicted octanol–water partition coefficient (Wildman–Crippen LogP) is 5.47. The lowest BCUT2D eigenvalue weighted by Gasteiger charge is -2.26. The summed E-state index contributed by atoms with van der Waals surface area (Å²) in [6, 6.07) is 12.6. The van der Waals surface area contributed by atoms with Crippen molar-refractivity contribution in [3.63, 3.8) is 0 Å². The van der Waals surface area contributed by atoms with E-state index in [9.17, 15) is 14.7 Å². The van der Waals surface area contributed by atoms with E-state index in [2.05, 4.69) is 4.98 Å². The van der Waals surface area contributed by atoms with Crippen molar-refractivity contribution in [2.24, 2.45) is 0 Å². The Bertz CT molecular complexity index is 1310. The number of carbonyl (C=O) groups is 2. The number of amides is 1. The Morgan fingerprint density at radius 3 is 2.40 bits per heavy atom. The predicted molar refractivity (Wildman–Crippen MR) is 134 cm³/mol. The molecule has 1 N–H and O–H groups in total. The van der Waals surface area contributed by atoms with Crippen LogP contribution in [0.3, 0.4) is 0 Å². The molecule has 4 rings (SSSR count). The highest BCUT2D eigenvalue weighted by molar-refractivity contribution is 6.51. The highest BCUT2D eigenvalue weighted by atomic mass is 35.5. The van der Waals surface area contributed by atoms with Gasteiger partial charge in [-0.15, -0.1) is 0 Å². The summed E-state index contributed by atoms with van der Waals surface area (Å²) in [5.74, 6) is -1.01. The van der Waals surface area contributed by atoms with Crippen molar-refractivity contribution >= 4 is 34.7 Å². The molecule has 1 atom stereocenters. The molecule has 7 nitrogen and oxygen atoms in total. The number of hydrogen-bond acceptors (Lipinski definition) is 6. The van der Waals surface area contributed by atoms with Crippen molar-refractivity contribution in [2.75, 3.05) is 18.1 Å². The van der Waals surface area contributed by atoms with E-state index in [1.54, 1.807) is 60.9 Å². The van der Waals surface area contributed by atoms with E-state index in [0.29, 0.717) is 41.0 Å². The number of rotatable bonds is 7. The maximum Gasteiger partial charge on any atom is 0.300 e. The average molecular weight is 493 g/mol. The van der Waals surface area contributed by atoms with Crippen LogP contribution in [-0.4, -0.2) is 35.0 Å². The number of aryl methyl sites for hydroxylation is 1. The van der Waals surface area contributed by atoms with Crippen molar-refractivity contribution < 1.29 is 24.2 Å². The lowest BCUT2D eigenvalue weighted by atomic mass is 9.95. The summed E-state index contributed by atoms with van der Waals surface area (Å²) < 4.78 is 11.3. The van der Waals surface area contributed by atoms with Gasteiger partial charge in [-0.05, 0) is 68.3 Å². The maximum atomic E-state index is 13.4. The molecule has 0 spiro atoms. The molecule has 35 heavy (non-hydrogen) atoms. The Morgan fingerprint density at radius 1 is 1.03 bits per heavy atom. The van der Waals surface area contributed by atoms with Crippen LogP contribution in [0.5, 0.6) is 11.5 Å². The summed E-state index contributed by atoms with van der Waals surface area (Å²) in [6.45, 7) is 6.32. The largest absolute Gasteiger partial charge is 0.507 e. The fraction of sp³-hybridized carbons (Fsp3) is 0.222. The molecule has 1 unspecified atom stereocenters. The normalized spacial score (nSPS) is 17.0. The fourth-order valence-corrected chi connectivity index (χ4v) is 4.24. The average Bonchev–Trinajstić information content (AvgIpc) is 3.12. The first-order valence-electron chi connectivity index (χ1n) is 11.2. The summed E-state index contributed by atoms with van der Waals surface area (Å²) in [6.07, 6.45) is 3.14. The number of benzene rings is 2. The second-order valence-electron chi connectivity index (χ2n) is 7.91. The van der Waals surface area contributed by atoms with Gasteiger partial charge in [-0.3, -0.25) is 19.5 Å². The van der Waals surface area contributed by atoms with Gasteiger partial charge in [0.1, 0.15) is 17.3 Å². The number of nitrogens with zero attached hydrogens (tertiary/aromatic N) is 2. The first-order chi connectivity index (χ1) is 16.9. The maximum absolute atomic E-state index is 13.4. The molecule has 0 aliphatic carbocycles. The highest BCUT2D eigenvalue weighted by Gasteiger charge is 2.47. The molecule has 0 radical (unpaired) electrons. The number of carbonyl (C=O) groups excluding carboxylic acids is 2. The second-order valence-corrected chi connectivity index (χ2v) is 8.31. The molecule has 1 amide bonds. The third kappa shape index (κ3) is 4.59. The van der Waals surface area contributed by atoms with Crippen molar-refractivity contribution in [2.45, 2.75) is 26.8 Å². The molecule has 1 aliphatic heterocycles. The highest BCUT2D eigenvalue weighted by Crippen LogP contribution is 2.44. The van der Waals surface area contributed by atoms with Crippen LogP contribution in [0, 0.1) is 6.92 Å². The number of aliphatic hydroxyl groups excluding tert-OH is 1. The molecule has 3 aromatic rings. The van der Waals surface area contributed by atoms with Crippen molar-refractivity contribution in [3.05, 3.63) is 88.2 Å². The summed E-state index contributed by atoms with van der Waals surface area (Å²) in [4.78, 5) is 32.1. The molecule has 1 aromatic heterocycles. The van der Waals surface area contributed by atoms with E-state index in [1.165, 1.54) is 4.90 Å². The first-order valence-corrected chi connectivity index (χ1v) is 11.6. The number of halogens is 1. The Labute approximate surface area is 208 Å². The van der Waals surface area contributed by atoms with E-state index in [1.807, 2.05) is 20.8 Å². The van der Waals surface area contributed by atoms with Gasteiger partial charge in [0.05, 0.1) is 30.4 Å². The van der Waals surface area contributed by atoms with Crippen molar-refractivity contribution in [3.8, 4) is 11.5 Å². The number of anilines is 1. The third-order valence-electron chi connectivity index (χ3n) is 5.72. The van der Waals surface area contributed by atoms with Crippen molar-refractivity contribution in [1.29, 1.82) is 0 Å². The van der Waals surface area contributed by atoms with E-state index >= 15 is 0 Å². The third-order valence-corrected chi connectivity index (χ3v) is 6.13. The van der Waals surface area contributed by atoms with E-state index in [4.69, 9.17) is 21.1 Å². The number of pyridine rings is 1. The van der Waals surface area contributed by atoms with Gasteiger partial charge in [0.25, 0.3) is 11.7 Å². The molecule has 0 saturated carbocycles. The van der Waals surface area contributed by atoms with Gasteiger partial charge in [-0.2, -0.15) is 0 Å². The van der Waals surface area contributed by atoms with E-state index in [-0.39, 0.29) is 16.9 Å². The number of aromatic nitrogens is 1. The molecule has 2 aromatic carbocycles. The van der Waals surface area contributed by atoms with Crippen LogP contribution in [0.1, 0.15) is 36.6 Å². The molecule has 180 valence electrons. The lowest BCUT2D eigenvalue weighted by Crippen LogP contribution is -2.29. The standard InChI is InChI=1S/C27H25ClN2O5/c1-4-34-19-8-9-20(22(15-19)35-5-2)25(31)23-24(17-10-12-29-13-11-17)30(27(33)26(23)32)18-7-6-16(3)21(28)14-18/h6-15,24,31H,4-5H2,1-3H3/b25-23-. The van der Waals surface area contributed by atoms with Gasteiger partial charge in [0.15, 0.2) is 0 Å². The van der Waals surface area contributed by atoms with Crippen LogP contribution in [0.2, 0.25) is 5.02 Å².